The fraction of sp³-hybridized carbons (Fsp3) is 0.500. The van der Waals surface area contributed by atoms with Gasteiger partial charge < -0.3 is 5.32 Å². The maximum Gasteiger partial charge on any atom is 0.0363 e. The predicted octanol–water partition coefficient (Wildman–Crippen LogP) is 4.09. The Kier molecular flexibility index (Phi) is 2.50. The lowest BCUT2D eigenvalue weighted by molar-refractivity contribution is -0.00629. The van der Waals surface area contributed by atoms with Gasteiger partial charge in [-0.1, -0.05) is 43.7 Å². The van der Waals surface area contributed by atoms with Crippen molar-refractivity contribution < 1.29 is 0 Å². The van der Waals surface area contributed by atoms with Gasteiger partial charge in [-0.2, -0.15) is 0 Å². The molecule has 0 aromatic heterocycles. The third-order valence-electron chi connectivity index (χ3n) is 4.85. The van der Waals surface area contributed by atoms with E-state index in [9.17, 15) is 0 Å². The molecular formula is C16H21N. The van der Waals surface area contributed by atoms with Gasteiger partial charge in [0.25, 0.3) is 0 Å². The molecule has 1 aromatic carbocycles. The molecule has 3 aliphatic carbocycles. The van der Waals surface area contributed by atoms with E-state index in [-0.39, 0.29) is 0 Å². The van der Waals surface area contributed by atoms with E-state index in [0.29, 0.717) is 5.41 Å². The molecule has 1 aromatic rings. The smallest absolute Gasteiger partial charge is 0.0363 e. The van der Waals surface area contributed by atoms with Crippen molar-refractivity contribution in [3.63, 3.8) is 0 Å². The zero-order valence-corrected chi connectivity index (χ0v) is 10.7. The first kappa shape index (κ1) is 10.9. The first-order valence-corrected chi connectivity index (χ1v) is 6.66. The summed E-state index contributed by atoms with van der Waals surface area (Å²) in [6.07, 6.45) is 5.17. The molecule has 1 nitrogen and oxygen atoms in total. The Morgan fingerprint density at radius 2 is 2.00 bits per heavy atom. The highest BCUT2D eigenvalue weighted by molar-refractivity contribution is 5.44. The Bertz CT molecular complexity index is 430. The summed E-state index contributed by atoms with van der Waals surface area (Å²) in [4.78, 5) is 0. The van der Waals surface area contributed by atoms with Crippen LogP contribution in [0, 0.1) is 17.3 Å². The van der Waals surface area contributed by atoms with Gasteiger partial charge in [0.05, 0.1) is 0 Å². The van der Waals surface area contributed by atoms with E-state index in [4.69, 9.17) is 0 Å². The number of nitrogens with one attached hydrogen (secondary N) is 1. The van der Waals surface area contributed by atoms with Crippen molar-refractivity contribution in [2.24, 2.45) is 17.3 Å². The molecule has 1 saturated carbocycles. The molecule has 1 N–H and O–H groups in total. The first-order valence-electron chi connectivity index (χ1n) is 6.66. The zero-order valence-electron chi connectivity index (χ0n) is 10.7. The van der Waals surface area contributed by atoms with Crippen molar-refractivity contribution in [1.29, 1.82) is 0 Å². The quantitative estimate of drug-likeness (QED) is 0.767. The van der Waals surface area contributed by atoms with Crippen LogP contribution in [0.25, 0.3) is 0 Å². The van der Waals surface area contributed by atoms with Crippen molar-refractivity contribution in [2.75, 3.05) is 11.9 Å². The van der Waals surface area contributed by atoms with Crippen LogP contribution in [0.15, 0.2) is 42.0 Å². The lowest BCUT2D eigenvalue weighted by Crippen LogP contribution is -2.49. The molecule has 0 radical (unpaired) electrons. The second-order valence-electron chi connectivity index (χ2n) is 6.04. The molecule has 0 saturated heterocycles. The van der Waals surface area contributed by atoms with E-state index in [0.717, 1.165) is 18.4 Å². The van der Waals surface area contributed by atoms with Crippen LogP contribution in [0.4, 0.5) is 5.69 Å². The number of anilines is 1. The summed E-state index contributed by atoms with van der Waals surface area (Å²) in [6.45, 7) is 5.88. The number of benzene rings is 1. The van der Waals surface area contributed by atoms with Gasteiger partial charge >= 0.3 is 0 Å². The topological polar surface area (TPSA) is 12.0 Å². The van der Waals surface area contributed by atoms with Crippen molar-refractivity contribution in [3.8, 4) is 0 Å². The van der Waals surface area contributed by atoms with E-state index in [2.05, 4.69) is 55.6 Å². The van der Waals surface area contributed by atoms with Crippen LogP contribution in [-0.2, 0) is 0 Å². The van der Waals surface area contributed by atoms with Crippen LogP contribution in [0.1, 0.15) is 26.7 Å². The highest BCUT2D eigenvalue weighted by Gasteiger charge is 2.50. The van der Waals surface area contributed by atoms with E-state index in [1.54, 1.807) is 5.57 Å². The van der Waals surface area contributed by atoms with Crippen molar-refractivity contribution >= 4 is 5.69 Å². The van der Waals surface area contributed by atoms with Gasteiger partial charge in [0.1, 0.15) is 0 Å². The molecule has 1 heteroatoms. The molecule has 3 aliphatic rings. The Morgan fingerprint density at radius 3 is 2.65 bits per heavy atom. The molecule has 0 aliphatic heterocycles. The van der Waals surface area contributed by atoms with Crippen molar-refractivity contribution in [1.82, 2.24) is 0 Å². The molecule has 2 atom stereocenters. The standard InChI is InChI=1S/C16H21N/c1-16(2)13-9-8-12(15(16)10-13)11-17-14-6-4-3-5-7-14/h3-8,13,15,17H,9-11H2,1-2H3. The number of hydrogen-bond donors (Lipinski definition) is 1. The van der Waals surface area contributed by atoms with Gasteiger partial charge in [0.2, 0.25) is 0 Å². The van der Waals surface area contributed by atoms with E-state index < -0.39 is 0 Å². The number of fused-ring (bicyclic) bond motifs is 1. The third-order valence-corrected chi connectivity index (χ3v) is 4.85. The zero-order chi connectivity index (χ0) is 11.9. The average Bonchev–Trinajstić information content (AvgIpc) is 2.37. The predicted molar refractivity (Wildman–Crippen MR) is 73.0 cm³/mol. The molecule has 0 spiro atoms. The molecule has 0 amide bonds. The average molecular weight is 227 g/mol. The summed E-state index contributed by atoms with van der Waals surface area (Å²) in [6, 6.07) is 10.5. The van der Waals surface area contributed by atoms with Crippen LogP contribution >= 0.6 is 0 Å². The molecule has 2 unspecified atom stereocenters. The SMILES string of the molecule is CC1(C)C2CC=C(CNc3ccccc3)C1C2. The summed E-state index contributed by atoms with van der Waals surface area (Å²) in [5.41, 5.74) is 3.40. The summed E-state index contributed by atoms with van der Waals surface area (Å²) in [5, 5.41) is 3.54. The summed E-state index contributed by atoms with van der Waals surface area (Å²) >= 11 is 0. The second kappa shape index (κ2) is 3.90. The maximum atomic E-state index is 3.54. The van der Waals surface area contributed by atoms with E-state index in [1.807, 2.05) is 0 Å². The van der Waals surface area contributed by atoms with Gasteiger partial charge in [-0.25, -0.2) is 0 Å². The largest absolute Gasteiger partial charge is 0.381 e. The molecule has 1 fully saturated rings. The first-order chi connectivity index (χ1) is 8.18. The van der Waals surface area contributed by atoms with Crippen molar-refractivity contribution in [2.45, 2.75) is 26.7 Å². The highest BCUT2D eigenvalue weighted by Crippen LogP contribution is 2.59. The fourth-order valence-electron chi connectivity index (χ4n) is 3.44. The summed E-state index contributed by atoms with van der Waals surface area (Å²) in [5.74, 6) is 1.76. The van der Waals surface area contributed by atoms with Crippen LogP contribution in [0.5, 0.6) is 0 Å². The van der Waals surface area contributed by atoms with Gasteiger partial charge in [-0.15, -0.1) is 0 Å². The number of rotatable bonds is 3. The van der Waals surface area contributed by atoms with Crippen LogP contribution in [0.2, 0.25) is 0 Å². The molecule has 90 valence electrons. The maximum absolute atomic E-state index is 3.54. The Labute approximate surface area is 104 Å². The normalized spacial score (nSPS) is 29.2. The number of hydrogen-bond acceptors (Lipinski definition) is 1. The van der Waals surface area contributed by atoms with Gasteiger partial charge in [0, 0.05) is 12.2 Å². The minimum Gasteiger partial charge on any atom is -0.381 e. The molecule has 0 heterocycles. The molecule has 4 rings (SSSR count). The minimum absolute atomic E-state index is 0.544. The van der Waals surface area contributed by atoms with Crippen LogP contribution in [0.3, 0.4) is 0 Å². The van der Waals surface area contributed by atoms with E-state index >= 15 is 0 Å². The Balaban J connectivity index is 1.65. The van der Waals surface area contributed by atoms with Crippen molar-refractivity contribution in [3.05, 3.63) is 42.0 Å². The minimum atomic E-state index is 0.544. The monoisotopic (exact) mass is 227 g/mol. The molecule has 17 heavy (non-hydrogen) atoms. The Morgan fingerprint density at radius 1 is 1.24 bits per heavy atom. The fourth-order valence-corrected chi connectivity index (χ4v) is 3.44. The van der Waals surface area contributed by atoms with Gasteiger partial charge in [-0.05, 0) is 42.2 Å². The van der Waals surface area contributed by atoms with Gasteiger partial charge in [-0.3, -0.25) is 0 Å². The van der Waals surface area contributed by atoms with Crippen LogP contribution < -0.4 is 5.32 Å². The second-order valence-corrected chi connectivity index (χ2v) is 6.04. The Hall–Kier alpha value is -1.24. The lowest BCUT2D eigenvalue weighted by atomic mass is 9.49. The molecular weight excluding hydrogens is 206 g/mol. The molecule has 2 bridgehead atoms. The van der Waals surface area contributed by atoms with E-state index in [1.165, 1.54) is 18.5 Å². The lowest BCUT2D eigenvalue weighted by Gasteiger charge is -2.56. The highest BCUT2D eigenvalue weighted by atomic mass is 14.9. The number of para-hydroxylation sites is 1. The summed E-state index contributed by atoms with van der Waals surface area (Å²) < 4.78 is 0. The number of allylic oxidation sites excluding steroid dienone is 1. The van der Waals surface area contributed by atoms with Gasteiger partial charge in [0.15, 0.2) is 0 Å². The third kappa shape index (κ3) is 1.78. The summed E-state index contributed by atoms with van der Waals surface area (Å²) in [7, 11) is 0. The van der Waals surface area contributed by atoms with Crippen LogP contribution in [-0.4, -0.2) is 6.54 Å².